The van der Waals surface area contributed by atoms with Gasteiger partial charge in [0.05, 0.1) is 12.2 Å². The SMILES string of the molecule is OC1CC2CCN2C1.OC1CCCCNC1. The molecular weight excluding hydrogens is 204 g/mol. The number of hydrogen-bond donors (Lipinski definition) is 3. The fraction of sp³-hybridized carbons (Fsp3) is 1.00. The molecule has 0 aromatic heterocycles. The topological polar surface area (TPSA) is 55.7 Å². The summed E-state index contributed by atoms with van der Waals surface area (Å²) < 4.78 is 0. The fourth-order valence-electron chi connectivity index (χ4n) is 2.66. The molecule has 3 fully saturated rings. The van der Waals surface area contributed by atoms with Crippen molar-refractivity contribution in [2.75, 3.05) is 26.2 Å². The Morgan fingerprint density at radius 2 is 1.94 bits per heavy atom. The Balaban J connectivity index is 0.000000120. The van der Waals surface area contributed by atoms with Crippen LogP contribution >= 0.6 is 0 Å². The molecule has 3 saturated heterocycles. The van der Waals surface area contributed by atoms with Crippen molar-refractivity contribution in [3.05, 3.63) is 0 Å². The highest BCUT2D eigenvalue weighted by Crippen LogP contribution is 2.28. The van der Waals surface area contributed by atoms with Crippen LogP contribution in [0.1, 0.15) is 32.1 Å². The number of nitrogens with one attached hydrogen (secondary N) is 1. The lowest BCUT2D eigenvalue weighted by molar-refractivity contribution is 0.131. The number of hydrogen-bond acceptors (Lipinski definition) is 4. The van der Waals surface area contributed by atoms with Crippen molar-refractivity contribution in [1.82, 2.24) is 10.2 Å². The van der Waals surface area contributed by atoms with Crippen LogP contribution < -0.4 is 5.32 Å². The average Bonchev–Trinajstić information content (AvgIpc) is 2.49. The fourth-order valence-corrected chi connectivity index (χ4v) is 2.66. The van der Waals surface area contributed by atoms with Crippen LogP contribution in [0.25, 0.3) is 0 Å². The van der Waals surface area contributed by atoms with E-state index < -0.39 is 0 Å². The molecule has 3 aliphatic heterocycles. The summed E-state index contributed by atoms with van der Waals surface area (Å²) in [6, 6.07) is 0.755. The second kappa shape index (κ2) is 5.96. The summed E-state index contributed by atoms with van der Waals surface area (Å²) >= 11 is 0. The molecule has 4 nitrogen and oxygen atoms in total. The van der Waals surface area contributed by atoms with Gasteiger partial charge in [-0.1, -0.05) is 0 Å². The van der Waals surface area contributed by atoms with Crippen LogP contribution in [0.5, 0.6) is 0 Å². The summed E-state index contributed by atoms with van der Waals surface area (Å²) in [5, 5.41) is 21.2. The van der Waals surface area contributed by atoms with Crippen LogP contribution in [0.2, 0.25) is 0 Å². The zero-order valence-corrected chi connectivity index (χ0v) is 9.94. The van der Waals surface area contributed by atoms with Crippen molar-refractivity contribution in [1.29, 1.82) is 0 Å². The van der Waals surface area contributed by atoms with Gasteiger partial charge in [-0.05, 0) is 38.6 Å². The van der Waals surface area contributed by atoms with Crippen molar-refractivity contribution >= 4 is 0 Å². The van der Waals surface area contributed by atoms with E-state index in [0.717, 1.165) is 38.5 Å². The van der Waals surface area contributed by atoms with E-state index in [-0.39, 0.29) is 12.2 Å². The lowest BCUT2D eigenvalue weighted by Crippen LogP contribution is -2.42. The van der Waals surface area contributed by atoms with E-state index in [0.29, 0.717) is 0 Å². The van der Waals surface area contributed by atoms with Gasteiger partial charge in [-0.2, -0.15) is 0 Å². The maximum Gasteiger partial charge on any atom is 0.0682 e. The molecule has 0 aromatic carbocycles. The lowest BCUT2D eigenvalue weighted by atomic mass is 10.1. The van der Waals surface area contributed by atoms with E-state index in [4.69, 9.17) is 10.2 Å². The van der Waals surface area contributed by atoms with Crippen LogP contribution in [-0.4, -0.2) is 59.5 Å². The lowest BCUT2D eigenvalue weighted by Gasteiger charge is -2.33. The molecule has 0 bridgehead atoms. The predicted molar refractivity (Wildman–Crippen MR) is 63.3 cm³/mol. The van der Waals surface area contributed by atoms with Crippen molar-refractivity contribution in [2.45, 2.75) is 50.4 Å². The molecule has 0 aromatic rings. The van der Waals surface area contributed by atoms with Gasteiger partial charge in [0.25, 0.3) is 0 Å². The zero-order valence-electron chi connectivity index (χ0n) is 9.94. The number of aliphatic hydroxyl groups is 2. The molecule has 0 radical (unpaired) electrons. The predicted octanol–water partition coefficient (Wildman–Crippen LogP) is -0.0539. The molecule has 3 atom stereocenters. The first-order valence-corrected chi connectivity index (χ1v) is 6.56. The van der Waals surface area contributed by atoms with Gasteiger partial charge in [-0.25, -0.2) is 0 Å². The second-order valence-corrected chi connectivity index (χ2v) is 5.18. The van der Waals surface area contributed by atoms with Crippen LogP contribution in [0.4, 0.5) is 0 Å². The molecule has 3 N–H and O–H groups in total. The molecule has 3 unspecified atom stereocenters. The molecule has 0 amide bonds. The van der Waals surface area contributed by atoms with Gasteiger partial charge < -0.3 is 15.5 Å². The second-order valence-electron chi connectivity index (χ2n) is 5.18. The third kappa shape index (κ3) is 3.42. The van der Waals surface area contributed by atoms with E-state index in [1.165, 1.54) is 25.8 Å². The monoisotopic (exact) mass is 228 g/mol. The molecule has 3 aliphatic rings. The Morgan fingerprint density at radius 1 is 1.06 bits per heavy atom. The van der Waals surface area contributed by atoms with Gasteiger partial charge in [0.1, 0.15) is 0 Å². The summed E-state index contributed by atoms with van der Waals surface area (Å²) in [6.45, 7) is 4.03. The molecule has 0 saturated carbocycles. The van der Waals surface area contributed by atoms with Gasteiger partial charge in [0, 0.05) is 25.7 Å². The van der Waals surface area contributed by atoms with Crippen LogP contribution in [0, 0.1) is 0 Å². The largest absolute Gasteiger partial charge is 0.392 e. The Labute approximate surface area is 97.6 Å². The smallest absolute Gasteiger partial charge is 0.0682 e. The van der Waals surface area contributed by atoms with Crippen LogP contribution in [-0.2, 0) is 0 Å². The summed E-state index contributed by atoms with van der Waals surface area (Å²) in [5.74, 6) is 0. The summed E-state index contributed by atoms with van der Waals surface area (Å²) in [5.41, 5.74) is 0. The minimum Gasteiger partial charge on any atom is -0.392 e. The highest BCUT2D eigenvalue weighted by Gasteiger charge is 2.36. The van der Waals surface area contributed by atoms with Gasteiger partial charge in [0.2, 0.25) is 0 Å². The third-order valence-corrected chi connectivity index (χ3v) is 3.78. The van der Waals surface area contributed by atoms with Crippen molar-refractivity contribution in [2.24, 2.45) is 0 Å². The maximum atomic E-state index is 9.07. The van der Waals surface area contributed by atoms with Crippen molar-refractivity contribution in [3.63, 3.8) is 0 Å². The molecule has 0 aliphatic carbocycles. The van der Waals surface area contributed by atoms with Gasteiger partial charge in [0.15, 0.2) is 0 Å². The van der Waals surface area contributed by atoms with E-state index in [1.54, 1.807) is 0 Å². The van der Waals surface area contributed by atoms with Crippen molar-refractivity contribution < 1.29 is 10.2 Å². The maximum absolute atomic E-state index is 9.07. The van der Waals surface area contributed by atoms with E-state index in [1.807, 2.05) is 0 Å². The Kier molecular flexibility index (Phi) is 4.58. The number of fused-ring (bicyclic) bond motifs is 1. The van der Waals surface area contributed by atoms with Crippen molar-refractivity contribution in [3.8, 4) is 0 Å². The molecule has 94 valence electrons. The molecule has 3 rings (SSSR count). The zero-order chi connectivity index (χ0) is 11.4. The normalized spacial score (nSPS) is 39.0. The molecular formula is C12H24N2O2. The Morgan fingerprint density at radius 3 is 2.50 bits per heavy atom. The van der Waals surface area contributed by atoms with Crippen LogP contribution in [0.15, 0.2) is 0 Å². The first-order valence-electron chi connectivity index (χ1n) is 6.56. The molecule has 0 spiro atoms. The van der Waals surface area contributed by atoms with Gasteiger partial charge >= 0.3 is 0 Å². The average molecular weight is 228 g/mol. The highest BCUT2D eigenvalue weighted by atomic mass is 16.3. The quantitative estimate of drug-likeness (QED) is 0.544. The van der Waals surface area contributed by atoms with Gasteiger partial charge in [-0.3, -0.25) is 4.90 Å². The first-order chi connectivity index (χ1) is 7.75. The Bertz CT molecular complexity index is 193. The van der Waals surface area contributed by atoms with Crippen LogP contribution in [0.3, 0.4) is 0 Å². The Hall–Kier alpha value is -0.160. The molecule has 16 heavy (non-hydrogen) atoms. The number of aliphatic hydroxyl groups excluding tert-OH is 2. The standard InChI is InChI=1S/C6H11NO.C6H13NO/c8-6-3-5-1-2-7(5)4-6;8-6-3-1-2-4-7-5-6/h5-6,8H,1-4H2;6-8H,1-5H2. The summed E-state index contributed by atoms with van der Waals surface area (Å²) in [4.78, 5) is 2.35. The summed E-state index contributed by atoms with van der Waals surface area (Å²) in [6.07, 6.45) is 5.62. The first kappa shape index (κ1) is 12.3. The number of rotatable bonds is 0. The molecule has 4 heteroatoms. The molecule has 3 heterocycles. The minimum absolute atomic E-state index is 0.0116. The minimum atomic E-state index is -0.0856. The summed E-state index contributed by atoms with van der Waals surface area (Å²) in [7, 11) is 0. The van der Waals surface area contributed by atoms with E-state index in [2.05, 4.69) is 10.2 Å². The van der Waals surface area contributed by atoms with Gasteiger partial charge in [-0.15, -0.1) is 0 Å². The highest BCUT2D eigenvalue weighted by molar-refractivity contribution is 4.92. The number of β-amino-alcohol motifs (C(OH)–C–C–N with tert-alkyl or cyclic N) is 1. The van der Waals surface area contributed by atoms with E-state index >= 15 is 0 Å². The number of nitrogens with zero attached hydrogens (tertiary/aromatic N) is 1. The van der Waals surface area contributed by atoms with E-state index in [9.17, 15) is 0 Å². The third-order valence-electron chi connectivity index (χ3n) is 3.78.